The van der Waals surface area contributed by atoms with Crippen LogP contribution in [0.5, 0.6) is 5.75 Å². The minimum absolute atomic E-state index is 0.0678. The van der Waals surface area contributed by atoms with Gasteiger partial charge in [0.05, 0.1) is 19.1 Å². The van der Waals surface area contributed by atoms with Crippen molar-refractivity contribution >= 4 is 12.1 Å². The van der Waals surface area contributed by atoms with E-state index in [9.17, 15) is 14.7 Å². The SMILES string of the molecule is CCOc1ccccc1[C@H](CC(=O)O)NC(=O)OCC1c2ccccc2-c2ccccc21. The number of aliphatic carboxylic acids is 1. The maximum Gasteiger partial charge on any atom is 0.407 e. The molecule has 0 spiro atoms. The molecule has 0 unspecified atom stereocenters. The van der Waals surface area contributed by atoms with Gasteiger partial charge in [0.1, 0.15) is 12.4 Å². The van der Waals surface area contributed by atoms with E-state index < -0.39 is 18.1 Å². The number of ether oxygens (including phenoxy) is 2. The van der Waals surface area contributed by atoms with E-state index in [0.717, 1.165) is 22.3 Å². The Balaban J connectivity index is 1.50. The molecule has 6 nitrogen and oxygen atoms in total. The van der Waals surface area contributed by atoms with Crippen molar-refractivity contribution in [3.8, 4) is 16.9 Å². The molecule has 0 saturated heterocycles. The van der Waals surface area contributed by atoms with E-state index in [-0.39, 0.29) is 18.9 Å². The Kier molecular flexibility index (Phi) is 6.40. The number of rotatable bonds is 8. The highest BCUT2D eigenvalue weighted by Crippen LogP contribution is 2.44. The molecular formula is C26H25NO5. The lowest BCUT2D eigenvalue weighted by Crippen LogP contribution is -2.32. The Morgan fingerprint density at radius 2 is 1.53 bits per heavy atom. The zero-order valence-electron chi connectivity index (χ0n) is 17.8. The number of nitrogens with one attached hydrogen (secondary N) is 1. The third-order valence-electron chi connectivity index (χ3n) is 5.61. The van der Waals surface area contributed by atoms with Crippen LogP contribution in [0.1, 0.15) is 42.0 Å². The maximum atomic E-state index is 12.7. The van der Waals surface area contributed by atoms with E-state index in [4.69, 9.17) is 9.47 Å². The summed E-state index contributed by atoms with van der Waals surface area (Å²) in [4.78, 5) is 24.1. The molecule has 0 aliphatic heterocycles. The summed E-state index contributed by atoms with van der Waals surface area (Å²) in [5.41, 5.74) is 5.12. The molecule has 1 aliphatic carbocycles. The first-order valence-electron chi connectivity index (χ1n) is 10.6. The van der Waals surface area contributed by atoms with Crippen LogP contribution in [0.2, 0.25) is 0 Å². The van der Waals surface area contributed by atoms with E-state index in [2.05, 4.69) is 17.4 Å². The van der Waals surface area contributed by atoms with Gasteiger partial charge in [0.25, 0.3) is 0 Å². The van der Waals surface area contributed by atoms with E-state index in [1.54, 1.807) is 24.3 Å². The van der Waals surface area contributed by atoms with Crippen LogP contribution in [0, 0.1) is 0 Å². The molecule has 0 radical (unpaired) electrons. The van der Waals surface area contributed by atoms with Crippen LogP contribution in [0.15, 0.2) is 72.8 Å². The van der Waals surface area contributed by atoms with E-state index in [0.29, 0.717) is 17.9 Å². The maximum absolute atomic E-state index is 12.7. The van der Waals surface area contributed by atoms with Gasteiger partial charge in [-0.25, -0.2) is 4.79 Å². The van der Waals surface area contributed by atoms with Crippen LogP contribution in [0.4, 0.5) is 4.79 Å². The molecule has 3 aromatic rings. The number of benzene rings is 3. The first-order valence-corrected chi connectivity index (χ1v) is 10.6. The lowest BCUT2D eigenvalue weighted by Gasteiger charge is -2.21. The zero-order chi connectivity index (χ0) is 22.5. The number of para-hydroxylation sites is 1. The summed E-state index contributed by atoms with van der Waals surface area (Å²) in [5.74, 6) is -0.553. The number of hydrogen-bond acceptors (Lipinski definition) is 4. The van der Waals surface area contributed by atoms with Gasteiger partial charge in [-0.2, -0.15) is 0 Å². The summed E-state index contributed by atoms with van der Waals surface area (Å²) >= 11 is 0. The molecule has 0 bridgehead atoms. The Morgan fingerprint density at radius 3 is 2.16 bits per heavy atom. The highest BCUT2D eigenvalue weighted by Gasteiger charge is 2.29. The van der Waals surface area contributed by atoms with Crippen molar-refractivity contribution in [2.24, 2.45) is 0 Å². The number of alkyl carbamates (subject to hydrolysis) is 1. The van der Waals surface area contributed by atoms with E-state index >= 15 is 0 Å². The highest BCUT2D eigenvalue weighted by atomic mass is 16.5. The lowest BCUT2D eigenvalue weighted by molar-refractivity contribution is -0.137. The van der Waals surface area contributed by atoms with Crippen molar-refractivity contribution in [1.82, 2.24) is 5.32 Å². The first kappa shape index (κ1) is 21.4. The summed E-state index contributed by atoms with van der Waals surface area (Å²) in [6, 6.07) is 22.5. The molecule has 4 rings (SSSR count). The topological polar surface area (TPSA) is 84.9 Å². The molecule has 6 heteroatoms. The van der Waals surface area contributed by atoms with Gasteiger partial charge in [-0.3, -0.25) is 4.79 Å². The fraction of sp³-hybridized carbons (Fsp3) is 0.231. The third-order valence-corrected chi connectivity index (χ3v) is 5.61. The Labute approximate surface area is 186 Å². The summed E-state index contributed by atoms with van der Waals surface area (Å²) in [5, 5.41) is 12.1. The molecule has 1 aliphatic rings. The largest absolute Gasteiger partial charge is 0.494 e. The van der Waals surface area contributed by atoms with Crippen molar-refractivity contribution in [2.45, 2.75) is 25.3 Å². The van der Waals surface area contributed by atoms with Crippen LogP contribution >= 0.6 is 0 Å². The Bertz CT molecular complexity index is 1080. The van der Waals surface area contributed by atoms with Crippen molar-refractivity contribution in [3.63, 3.8) is 0 Å². The number of carboxylic acid groups (broad SMARTS) is 1. The van der Waals surface area contributed by atoms with Gasteiger partial charge in [-0.1, -0.05) is 66.7 Å². The van der Waals surface area contributed by atoms with Gasteiger partial charge in [-0.05, 0) is 35.2 Å². The fourth-order valence-corrected chi connectivity index (χ4v) is 4.25. The minimum Gasteiger partial charge on any atom is -0.494 e. The van der Waals surface area contributed by atoms with Crippen LogP contribution in [0.3, 0.4) is 0 Å². The van der Waals surface area contributed by atoms with Crippen molar-refractivity contribution in [2.75, 3.05) is 13.2 Å². The molecule has 0 saturated carbocycles. The summed E-state index contributed by atoms with van der Waals surface area (Å²) < 4.78 is 11.2. The summed E-state index contributed by atoms with van der Waals surface area (Å²) in [6.45, 7) is 2.44. The second-order valence-electron chi connectivity index (χ2n) is 7.59. The van der Waals surface area contributed by atoms with Crippen LogP contribution in [-0.4, -0.2) is 30.4 Å². The number of carbonyl (C=O) groups excluding carboxylic acids is 1. The van der Waals surface area contributed by atoms with Crippen LogP contribution in [0.25, 0.3) is 11.1 Å². The fourth-order valence-electron chi connectivity index (χ4n) is 4.25. The average molecular weight is 431 g/mol. The summed E-state index contributed by atoms with van der Waals surface area (Å²) in [6.07, 6.45) is -0.946. The van der Waals surface area contributed by atoms with Crippen molar-refractivity contribution in [1.29, 1.82) is 0 Å². The number of carboxylic acids is 1. The quantitative estimate of drug-likeness (QED) is 0.516. The molecule has 32 heavy (non-hydrogen) atoms. The van der Waals surface area contributed by atoms with Gasteiger partial charge in [0.15, 0.2) is 0 Å². The predicted molar refractivity (Wildman–Crippen MR) is 121 cm³/mol. The van der Waals surface area contributed by atoms with Crippen LogP contribution in [-0.2, 0) is 9.53 Å². The number of amides is 1. The molecule has 1 atom stereocenters. The number of carbonyl (C=O) groups is 2. The monoisotopic (exact) mass is 431 g/mol. The lowest BCUT2D eigenvalue weighted by atomic mass is 9.98. The Hall–Kier alpha value is -3.80. The van der Waals surface area contributed by atoms with E-state index in [1.165, 1.54) is 0 Å². The predicted octanol–water partition coefficient (Wildman–Crippen LogP) is 5.14. The van der Waals surface area contributed by atoms with Gasteiger partial charge in [-0.15, -0.1) is 0 Å². The van der Waals surface area contributed by atoms with Gasteiger partial charge < -0.3 is 19.9 Å². The number of fused-ring (bicyclic) bond motifs is 3. The molecule has 2 N–H and O–H groups in total. The average Bonchev–Trinajstić information content (AvgIpc) is 3.11. The van der Waals surface area contributed by atoms with Crippen molar-refractivity contribution < 1.29 is 24.2 Å². The van der Waals surface area contributed by atoms with Crippen LogP contribution < -0.4 is 10.1 Å². The standard InChI is InChI=1S/C26H25NO5/c1-2-31-24-14-8-7-13-21(24)23(15-25(28)29)27-26(30)32-16-22-19-11-5-3-9-17(19)18-10-4-6-12-20(18)22/h3-14,22-23H,2,15-16H2,1H3,(H,27,30)(H,28,29)/t23-/m0/s1. The third kappa shape index (κ3) is 4.44. The smallest absolute Gasteiger partial charge is 0.407 e. The number of hydrogen-bond donors (Lipinski definition) is 2. The summed E-state index contributed by atoms with van der Waals surface area (Å²) in [7, 11) is 0. The highest BCUT2D eigenvalue weighted by molar-refractivity contribution is 5.79. The zero-order valence-corrected chi connectivity index (χ0v) is 17.8. The Morgan fingerprint density at radius 1 is 0.938 bits per heavy atom. The normalized spacial score (nSPS) is 13.0. The molecule has 0 fully saturated rings. The minimum atomic E-state index is -1.03. The molecule has 0 heterocycles. The van der Waals surface area contributed by atoms with E-state index in [1.807, 2.05) is 43.3 Å². The second kappa shape index (κ2) is 9.56. The molecule has 164 valence electrons. The molecule has 3 aromatic carbocycles. The van der Waals surface area contributed by atoms with Gasteiger partial charge in [0.2, 0.25) is 0 Å². The molecule has 0 aromatic heterocycles. The molecular weight excluding hydrogens is 406 g/mol. The van der Waals surface area contributed by atoms with Crippen molar-refractivity contribution in [3.05, 3.63) is 89.5 Å². The van der Waals surface area contributed by atoms with Gasteiger partial charge in [0, 0.05) is 11.5 Å². The first-order chi connectivity index (χ1) is 15.6. The van der Waals surface area contributed by atoms with Gasteiger partial charge >= 0.3 is 12.1 Å². The molecule has 1 amide bonds. The second-order valence-corrected chi connectivity index (χ2v) is 7.59.